The molecule has 1 saturated heterocycles. The van der Waals surface area contributed by atoms with Gasteiger partial charge in [0, 0.05) is 6.42 Å². The van der Waals surface area contributed by atoms with E-state index in [9.17, 15) is 9.59 Å². The highest BCUT2D eigenvalue weighted by molar-refractivity contribution is 5.78. The van der Waals surface area contributed by atoms with E-state index in [1.807, 2.05) is 6.92 Å². The molecule has 21 heavy (non-hydrogen) atoms. The van der Waals surface area contributed by atoms with Gasteiger partial charge in [-0.1, -0.05) is 19.3 Å². The first-order chi connectivity index (χ1) is 9.88. The van der Waals surface area contributed by atoms with E-state index in [-0.39, 0.29) is 17.9 Å². The number of nitrogens with two attached hydrogens (primary N) is 1. The lowest BCUT2D eigenvalue weighted by Crippen LogP contribution is -2.64. The summed E-state index contributed by atoms with van der Waals surface area (Å²) in [6.07, 6.45) is 6.14. The molecule has 0 unspecified atom stereocenters. The van der Waals surface area contributed by atoms with Crippen molar-refractivity contribution in [2.45, 2.75) is 51.0 Å². The summed E-state index contributed by atoms with van der Waals surface area (Å²) in [5.74, 6) is -0.857. The van der Waals surface area contributed by atoms with E-state index in [0.717, 1.165) is 25.7 Å². The van der Waals surface area contributed by atoms with Crippen molar-refractivity contribution in [2.24, 2.45) is 11.1 Å². The smallest absolute Gasteiger partial charge is 0.329 e. The third-order valence-corrected chi connectivity index (χ3v) is 4.82. The van der Waals surface area contributed by atoms with Gasteiger partial charge in [0.2, 0.25) is 5.91 Å². The third-order valence-electron chi connectivity index (χ3n) is 4.82. The number of carboxylic acid groups (broad SMARTS) is 1. The van der Waals surface area contributed by atoms with Crippen molar-refractivity contribution < 1.29 is 19.4 Å². The number of hydrogen-bond acceptors (Lipinski definition) is 4. The Morgan fingerprint density at radius 3 is 2.38 bits per heavy atom. The Bertz CT molecular complexity index is 398. The average Bonchev–Trinajstić information content (AvgIpc) is 2.43. The second-order valence-corrected chi connectivity index (χ2v) is 6.82. The molecule has 2 aliphatic rings. The van der Waals surface area contributed by atoms with Crippen LogP contribution in [0.1, 0.15) is 45.4 Å². The Hall–Kier alpha value is -1.14. The molecule has 6 heteroatoms. The van der Waals surface area contributed by atoms with E-state index in [4.69, 9.17) is 15.6 Å². The third kappa shape index (κ3) is 3.95. The van der Waals surface area contributed by atoms with Crippen molar-refractivity contribution >= 4 is 11.9 Å². The molecule has 120 valence electrons. The number of carbonyl (C=O) groups is 2. The molecule has 1 aliphatic heterocycles. The van der Waals surface area contributed by atoms with Crippen LogP contribution in [0.25, 0.3) is 0 Å². The maximum Gasteiger partial charge on any atom is 0.329 e. The van der Waals surface area contributed by atoms with Crippen LogP contribution in [0.5, 0.6) is 0 Å². The van der Waals surface area contributed by atoms with Crippen molar-refractivity contribution in [3.8, 4) is 0 Å². The maximum absolute atomic E-state index is 12.4. The van der Waals surface area contributed by atoms with E-state index in [0.29, 0.717) is 26.1 Å². The van der Waals surface area contributed by atoms with Crippen LogP contribution in [-0.4, -0.2) is 53.7 Å². The standard InChI is InChI=1S/C15H26N2O4/c1-14(21-8-13(19)20)10-17(11-14)12(18)7-15(9-16)5-3-2-4-6-15/h2-11,16H2,1H3,(H,19,20). The highest BCUT2D eigenvalue weighted by atomic mass is 16.5. The van der Waals surface area contributed by atoms with Crippen LogP contribution in [0, 0.1) is 5.41 Å². The molecule has 3 N–H and O–H groups in total. The van der Waals surface area contributed by atoms with Gasteiger partial charge in [0.05, 0.1) is 13.1 Å². The van der Waals surface area contributed by atoms with Gasteiger partial charge in [0.25, 0.3) is 0 Å². The minimum Gasteiger partial charge on any atom is -0.480 e. The Kier molecular flexibility index (Phi) is 4.88. The van der Waals surface area contributed by atoms with Gasteiger partial charge in [-0.3, -0.25) is 4.79 Å². The molecule has 1 aliphatic carbocycles. The summed E-state index contributed by atoms with van der Waals surface area (Å²) in [7, 11) is 0. The molecule has 1 amide bonds. The lowest BCUT2D eigenvalue weighted by Gasteiger charge is -2.48. The van der Waals surface area contributed by atoms with Gasteiger partial charge < -0.3 is 20.5 Å². The zero-order valence-electron chi connectivity index (χ0n) is 12.8. The second kappa shape index (κ2) is 6.32. The molecule has 0 bridgehead atoms. The first-order valence-electron chi connectivity index (χ1n) is 7.72. The zero-order valence-corrected chi connectivity index (χ0v) is 12.8. The first kappa shape index (κ1) is 16.2. The Labute approximate surface area is 125 Å². The molecule has 0 aromatic carbocycles. The molecule has 2 fully saturated rings. The Morgan fingerprint density at radius 1 is 1.24 bits per heavy atom. The van der Waals surface area contributed by atoms with Crippen LogP contribution < -0.4 is 5.73 Å². The lowest BCUT2D eigenvalue weighted by atomic mass is 9.71. The quantitative estimate of drug-likeness (QED) is 0.762. The number of hydrogen-bond donors (Lipinski definition) is 2. The number of carboxylic acids is 1. The molecular formula is C15H26N2O4. The number of amides is 1. The topological polar surface area (TPSA) is 92.9 Å². The fourth-order valence-electron chi connectivity index (χ4n) is 3.45. The van der Waals surface area contributed by atoms with Crippen molar-refractivity contribution in [1.29, 1.82) is 0 Å². The van der Waals surface area contributed by atoms with Crippen LogP contribution in [0.15, 0.2) is 0 Å². The summed E-state index contributed by atoms with van der Waals surface area (Å²) in [5.41, 5.74) is 5.38. The average molecular weight is 298 g/mol. The Morgan fingerprint density at radius 2 is 1.86 bits per heavy atom. The molecule has 2 rings (SSSR count). The van der Waals surface area contributed by atoms with E-state index >= 15 is 0 Å². The summed E-state index contributed by atoms with van der Waals surface area (Å²) >= 11 is 0. The number of nitrogens with zero attached hydrogens (tertiary/aromatic N) is 1. The van der Waals surface area contributed by atoms with Gasteiger partial charge in [-0.05, 0) is 31.7 Å². The van der Waals surface area contributed by atoms with Gasteiger partial charge in [-0.25, -0.2) is 4.79 Å². The summed E-state index contributed by atoms with van der Waals surface area (Å²) < 4.78 is 5.33. The predicted molar refractivity (Wildman–Crippen MR) is 77.8 cm³/mol. The SMILES string of the molecule is CC1(OCC(=O)O)CN(C(=O)CC2(CN)CCCCC2)C1. The number of rotatable bonds is 6. The summed E-state index contributed by atoms with van der Waals surface area (Å²) in [6.45, 7) is 3.04. The van der Waals surface area contributed by atoms with Crippen LogP contribution >= 0.6 is 0 Å². The molecule has 1 heterocycles. The van der Waals surface area contributed by atoms with E-state index in [1.165, 1.54) is 6.42 Å². The molecular weight excluding hydrogens is 272 g/mol. The van der Waals surface area contributed by atoms with Gasteiger partial charge in [-0.2, -0.15) is 0 Å². The largest absolute Gasteiger partial charge is 0.480 e. The van der Waals surface area contributed by atoms with Gasteiger partial charge >= 0.3 is 5.97 Å². The summed E-state index contributed by atoms with van der Waals surface area (Å²) in [5, 5.41) is 8.63. The Balaban J connectivity index is 1.81. The highest BCUT2D eigenvalue weighted by Gasteiger charge is 2.44. The summed E-state index contributed by atoms with van der Waals surface area (Å²) in [4.78, 5) is 24.7. The van der Waals surface area contributed by atoms with Crippen molar-refractivity contribution in [2.75, 3.05) is 26.2 Å². The molecule has 0 aromatic rings. The second-order valence-electron chi connectivity index (χ2n) is 6.82. The van der Waals surface area contributed by atoms with Crippen LogP contribution in [-0.2, 0) is 14.3 Å². The number of ether oxygens (including phenoxy) is 1. The number of likely N-dealkylation sites (tertiary alicyclic amines) is 1. The molecule has 0 atom stereocenters. The monoisotopic (exact) mass is 298 g/mol. The normalized spacial score (nSPS) is 23.4. The van der Waals surface area contributed by atoms with Crippen LogP contribution in [0.4, 0.5) is 0 Å². The van der Waals surface area contributed by atoms with Crippen molar-refractivity contribution in [1.82, 2.24) is 4.90 Å². The summed E-state index contributed by atoms with van der Waals surface area (Å²) in [6, 6.07) is 0. The minimum atomic E-state index is -0.981. The number of carbonyl (C=O) groups excluding carboxylic acids is 1. The minimum absolute atomic E-state index is 0.0246. The molecule has 0 radical (unpaired) electrons. The van der Waals surface area contributed by atoms with E-state index in [1.54, 1.807) is 4.90 Å². The van der Waals surface area contributed by atoms with Crippen molar-refractivity contribution in [3.63, 3.8) is 0 Å². The molecule has 0 spiro atoms. The highest BCUT2D eigenvalue weighted by Crippen LogP contribution is 2.39. The fourth-order valence-corrected chi connectivity index (χ4v) is 3.45. The van der Waals surface area contributed by atoms with Gasteiger partial charge in [-0.15, -0.1) is 0 Å². The van der Waals surface area contributed by atoms with Crippen molar-refractivity contribution in [3.05, 3.63) is 0 Å². The molecule has 1 saturated carbocycles. The fraction of sp³-hybridized carbons (Fsp3) is 0.867. The zero-order chi connectivity index (χ0) is 15.5. The predicted octanol–water partition coefficient (Wildman–Crippen LogP) is 0.988. The lowest BCUT2D eigenvalue weighted by molar-refractivity contribution is -0.174. The van der Waals surface area contributed by atoms with Crippen LogP contribution in [0.3, 0.4) is 0 Å². The first-order valence-corrected chi connectivity index (χ1v) is 7.72. The number of aliphatic carboxylic acids is 1. The maximum atomic E-state index is 12.4. The van der Waals surface area contributed by atoms with Crippen LogP contribution in [0.2, 0.25) is 0 Å². The van der Waals surface area contributed by atoms with E-state index in [2.05, 4.69) is 0 Å². The van der Waals surface area contributed by atoms with E-state index < -0.39 is 11.6 Å². The molecule has 0 aromatic heterocycles. The molecule has 6 nitrogen and oxygen atoms in total. The van der Waals surface area contributed by atoms with Gasteiger partial charge in [0.15, 0.2) is 0 Å². The van der Waals surface area contributed by atoms with Gasteiger partial charge in [0.1, 0.15) is 12.2 Å².